The smallest absolute Gasteiger partial charge is 0.326 e. The zero-order chi connectivity index (χ0) is 17.8. The summed E-state index contributed by atoms with van der Waals surface area (Å²) in [6, 6.07) is 14.8. The van der Waals surface area contributed by atoms with Gasteiger partial charge in [0.05, 0.1) is 16.7 Å². The second kappa shape index (κ2) is 7.48. The van der Waals surface area contributed by atoms with Crippen molar-refractivity contribution >= 4 is 44.5 Å². The van der Waals surface area contributed by atoms with Gasteiger partial charge in [0.15, 0.2) is 6.61 Å². The minimum atomic E-state index is -0.492. The Labute approximate surface area is 152 Å². The van der Waals surface area contributed by atoms with Crippen molar-refractivity contribution in [3.63, 3.8) is 0 Å². The van der Waals surface area contributed by atoms with E-state index in [9.17, 15) is 9.59 Å². The van der Waals surface area contributed by atoms with Crippen molar-refractivity contribution in [1.29, 1.82) is 0 Å². The second-order valence-electron chi connectivity index (χ2n) is 5.42. The lowest BCUT2D eigenvalue weighted by atomic mass is 10.3. The van der Waals surface area contributed by atoms with Crippen LogP contribution >= 0.6 is 15.9 Å². The third kappa shape index (κ3) is 4.06. The van der Waals surface area contributed by atoms with E-state index in [0.717, 1.165) is 21.3 Å². The maximum absolute atomic E-state index is 12.1. The summed E-state index contributed by atoms with van der Waals surface area (Å²) >= 11 is 3.34. The normalized spacial score (nSPS) is 10.6. The van der Waals surface area contributed by atoms with Crippen LogP contribution in [0.5, 0.6) is 0 Å². The van der Waals surface area contributed by atoms with Crippen molar-refractivity contribution < 1.29 is 14.3 Å². The van der Waals surface area contributed by atoms with Gasteiger partial charge in [0, 0.05) is 4.47 Å². The third-order valence-electron chi connectivity index (χ3n) is 3.64. The number of fused-ring (bicyclic) bond motifs is 1. The molecule has 0 aliphatic heterocycles. The van der Waals surface area contributed by atoms with Crippen LogP contribution in [0.3, 0.4) is 0 Å². The van der Waals surface area contributed by atoms with Crippen molar-refractivity contribution in [2.24, 2.45) is 0 Å². The van der Waals surface area contributed by atoms with Crippen LogP contribution in [0.15, 0.2) is 53.0 Å². The van der Waals surface area contributed by atoms with Crippen molar-refractivity contribution in [1.82, 2.24) is 9.55 Å². The highest BCUT2D eigenvalue weighted by Gasteiger charge is 2.13. The van der Waals surface area contributed by atoms with Crippen LogP contribution in [0.1, 0.15) is 5.82 Å². The lowest BCUT2D eigenvalue weighted by Gasteiger charge is -2.09. The Kier molecular flexibility index (Phi) is 5.14. The van der Waals surface area contributed by atoms with Gasteiger partial charge in [-0.15, -0.1) is 0 Å². The number of esters is 1. The lowest BCUT2D eigenvalue weighted by molar-refractivity contribution is -0.147. The first kappa shape index (κ1) is 17.2. The van der Waals surface area contributed by atoms with Crippen LogP contribution in [0.25, 0.3) is 11.0 Å². The van der Waals surface area contributed by atoms with Crippen molar-refractivity contribution in [3.8, 4) is 0 Å². The van der Waals surface area contributed by atoms with E-state index < -0.39 is 11.9 Å². The monoisotopic (exact) mass is 401 g/mol. The summed E-state index contributed by atoms with van der Waals surface area (Å²) in [5.41, 5.74) is 2.30. The number of aromatic nitrogens is 2. The molecule has 0 unspecified atom stereocenters. The predicted molar refractivity (Wildman–Crippen MR) is 98.2 cm³/mol. The highest BCUT2D eigenvalue weighted by molar-refractivity contribution is 9.10. The standard InChI is InChI=1S/C18H16BrN3O3/c1-12-20-15-8-4-5-9-16(15)22(12)10-18(24)25-11-17(23)21-14-7-3-2-6-13(14)19/h2-9H,10-11H2,1H3,(H,21,23). The molecule has 1 aromatic heterocycles. The lowest BCUT2D eigenvalue weighted by Crippen LogP contribution is -2.23. The molecule has 7 heteroatoms. The SMILES string of the molecule is Cc1nc2ccccc2n1CC(=O)OCC(=O)Nc1ccccc1Br. The molecule has 3 aromatic rings. The number of benzene rings is 2. The summed E-state index contributed by atoms with van der Waals surface area (Å²) in [5, 5.41) is 2.68. The van der Waals surface area contributed by atoms with E-state index in [0.29, 0.717) is 5.69 Å². The van der Waals surface area contributed by atoms with Gasteiger partial charge in [0.1, 0.15) is 12.4 Å². The van der Waals surface area contributed by atoms with Crippen LogP contribution in [-0.4, -0.2) is 28.0 Å². The summed E-state index contributed by atoms with van der Waals surface area (Å²) in [6.45, 7) is 1.49. The molecule has 1 heterocycles. The molecule has 0 radical (unpaired) electrons. The largest absolute Gasteiger partial charge is 0.454 e. The molecule has 1 amide bonds. The number of hydrogen-bond donors (Lipinski definition) is 1. The Balaban J connectivity index is 1.58. The molecule has 0 saturated heterocycles. The van der Waals surface area contributed by atoms with Crippen molar-refractivity contribution in [2.45, 2.75) is 13.5 Å². The van der Waals surface area contributed by atoms with Crippen LogP contribution in [0.4, 0.5) is 5.69 Å². The Morgan fingerprint density at radius 2 is 1.88 bits per heavy atom. The molecular formula is C18H16BrN3O3. The number of amides is 1. The molecule has 0 spiro atoms. The summed E-state index contributed by atoms with van der Waals surface area (Å²) in [4.78, 5) is 28.4. The molecule has 25 heavy (non-hydrogen) atoms. The molecule has 6 nitrogen and oxygen atoms in total. The van der Waals surface area contributed by atoms with E-state index in [-0.39, 0.29) is 13.2 Å². The van der Waals surface area contributed by atoms with Crippen LogP contribution in [-0.2, 0) is 20.9 Å². The number of imidazole rings is 1. The molecular weight excluding hydrogens is 386 g/mol. The topological polar surface area (TPSA) is 73.2 Å². The molecule has 0 fully saturated rings. The van der Waals surface area contributed by atoms with E-state index in [1.54, 1.807) is 16.7 Å². The first-order valence-corrected chi connectivity index (χ1v) is 8.46. The van der Waals surface area contributed by atoms with Crippen LogP contribution in [0, 0.1) is 6.92 Å². The number of halogens is 1. The van der Waals surface area contributed by atoms with Gasteiger partial charge < -0.3 is 14.6 Å². The van der Waals surface area contributed by atoms with Gasteiger partial charge in [-0.1, -0.05) is 24.3 Å². The first-order valence-electron chi connectivity index (χ1n) is 7.66. The Bertz CT molecular complexity index is 936. The maximum atomic E-state index is 12.1. The van der Waals surface area contributed by atoms with Crippen LogP contribution in [0.2, 0.25) is 0 Å². The molecule has 128 valence electrons. The number of aryl methyl sites for hydroxylation is 1. The van der Waals surface area contributed by atoms with Gasteiger partial charge in [0.25, 0.3) is 5.91 Å². The molecule has 0 bridgehead atoms. The molecule has 0 atom stereocenters. The van der Waals surface area contributed by atoms with E-state index in [1.807, 2.05) is 43.3 Å². The Hall–Kier alpha value is -2.67. The van der Waals surface area contributed by atoms with E-state index >= 15 is 0 Å². The average molecular weight is 402 g/mol. The highest BCUT2D eigenvalue weighted by Crippen LogP contribution is 2.21. The molecule has 0 aliphatic rings. The van der Waals surface area contributed by atoms with Gasteiger partial charge in [-0.3, -0.25) is 9.59 Å². The quantitative estimate of drug-likeness (QED) is 0.665. The Morgan fingerprint density at radius 1 is 1.16 bits per heavy atom. The number of para-hydroxylation sites is 3. The van der Waals surface area contributed by atoms with Crippen molar-refractivity contribution in [2.75, 3.05) is 11.9 Å². The molecule has 2 aromatic carbocycles. The van der Waals surface area contributed by atoms with Gasteiger partial charge >= 0.3 is 5.97 Å². The molecule has 0 saturated carbocycles. The predicted octanol–water partition coefficient (Wildman–Crippen LogP) is 3.29. The number of carbonyl (C=O) groups is 2. The first-order chi connectivity index (χ1) is 12.0. The number of nitrogens with zero attached hydrogens (tertiary/aromatic N) is 2. The zero-order valence-corrected chi connectivity index (χ0v) is 15.1. The zero-order valence-electron chi connectivity index (χ0n) is 13.5. The van der Waals surface area contributed by atoms with Crippen molar-refractivity contribution in [3.05, 3.63) is 58.8 Å². The van der Waals surface area contributed by atoms with E-state index in [4.69, 9.17) is 4.74 Å². The summed E-state index contributed by atoms with van der Waals surface area (Å²) in [7, 11) is 0. The second-order valence-corrected chi connectivity index (χ2v) is 6.28. The molecule has 1 N–H and O–H groups in total. The Morgan fingerprint density at radius 3 is 2.68 bits per heavy atom. The number of carbonyl (C=O) groups excluding carboxylic acids is 2. The summed E-state index contributed by atoms with van der Waals surface area (Å²) < 4.78 is 7.60. The van der Waals surface area contributed by atoms with Crippen LogP contribution < -0.4 is 5.32 Å². The number of nitrogens with one attached hydrogen (secondary N) is 1. The van der Waals surface area contributed by atoms with Gasteiger partial charge in [-0.25, -0.2) is 4.98 Å². The summed E-state index contributed by atoms with van der Waals surface area (Å²) in [5.74, 6) is -0.170. The number of ether oxygens (including phenoxy) is 1. The minimum absolute atomic E-state index is 0.00859. The fraction of sp³-hybridized carbons (Fsp3) is 0.167. The number of hydrogen-bond acceptors (Lipinski definition) is 4. The number of rotatable bonds is 5. The average Bonchev–Trinajstić information content (AvgIpc) is 2.91. The van der Waals surface area contributed by atoms with Gasteiger partial charge in [-0.05, 0) is 47.1 Å². The maximum Gasteiger partial charge on any atom is 0.326 e. The highest BCUT2D eigenvalue weighted by atomic mass is 79.9. The fourth-order valence-corrected chi connectivity index (χ4v) is 2.85. The fourth-order valence-electron chi connectivity index (χ4n) is 2.47. The molecule has 0 aliphatic carbocycles. The minimum Gasteiger partial charge on any atom is -0.454 e. The third-order valence-corrected chi connectivity index (χ3v) is 4.34. The summed E-state index contributed by atoms with van der Waals surface area (Å²) in [6.07, 6.45) is 0. The molecule has 3 rings (SSSR count). The van der Waals surface area contributed by atoms with Gasteiger partial charge in [0.2, 0.25) is 0 Å². The van der Waals surface area contributed by atoms with E-state index in [1.165, 1.54) is 0 Å². The van der Waals surface area contributed by atoms with Gasteiger partial charge in [-0.2, -0.15) is 0 Å². The van der Waals surface area contributed by atoms with E-state index in [2.05, 4.69) is 26.2 Å². The number of anilines is 1.